The first-order valence-corrected chi connectivity index (χ1v) is 9.61. The van der Waals surface area contributed by atoms with Gasteiger partial charge < -0.3 is 21.1 Å². The summed E-state index contributed by atoms with van der Waals surface area (Å²) in [6.45, 7) is 4.99. The molecule has 2 amide bonds. The molecule has 7 heteroatoms. The molecule has 6 nitrogen and oxygen atoms in total. The lowest BCUT2D eigenvalue weighted by atomic mass is 10.1. The van der Waals surface area contributed by atoms with Gasteiger partial charge in [0.05, 0.1) is 19.1 Å². The second-order valence-electron chi connectivity index (χ2n) is 6.66. The SMILES string of the molecule is CCOc1ccc(C(C)NC(=O)CCCNC(=O)Cc2ccc(N)cc2)cc1.Cl. The second kappa shape index (κ2) is 12.7. The molecular formula is C22H30ClN3O3. The largest absolute Gasteiger partial charge is 0.494 e. The smallest absolute Gasteiger partial charge is 0.224 e. The molecule has 0 spiro atoms. The van der Waals surface area contributed by atoms with Crippen LogP contribution in [0, 0.1) is 0 Å². The van der Waals surface area contributed by atoms with E-state index in [1.807, 2.05) is 50.2 Å². The molecule has 0 fully saturated rings. The van der Waals surface area contributed by atoms with Crippen LogP contribution < -0.4 is 21.1 Å². The Bertz CT molecular complexity index is 764. The van der Waals surface area contributed by atoms with E-state index in [0.717, 1.165) is 16.9 Å². The number of nitrogen functional groups attached to an aromatic ring is 1. The molecule has 1 atom stereocenters. The Hall–Kier alpha value is -2.73. The average molecular weight is 420 g/mol. The van der Waals surface area contributed by atoms with Crippen LogP contribution in [-0.4, -0.2) is 25.0 Å². The van der Waals surface area contributed by atoms with Crippen molar-refractivity contribution >= 4 is 29.9 Å². The number of carbonyl (C=O) groups is 2. The van der Waals surface area contributed by atoms with E-state index < -0.39 is 0 Å². The Morgan fingerprint density at radius 2 is 1.69 bits per heavy atom. The lowest BCUT2D eigenvalue weighted by molar-refractivity contribution is -0.123. The first-order chi connectivity index (χ1) is 13.5. The molecule has 158 valence electrons. The van der Waals surface area contributed by atoms with Crippen LogP contribution in [0.15, 0.2) is 48.5 Å². The first-order valence-electron chi connectivity index (χ1n) is 9.61. The number of carbonyl (C=O) groups excluding carboxylic acids is 2. The van der Waals surface area contributed by atoms with Crippen LogP contribution in [-0.2, 0) is 16.0 Å². The van der Waals surface area contributed by atoms with E-state index in [1.165, 1.54) is 0 Å². The second-order valence-corrected chi connectivity index (χ2v) is 6.66. The van der Waals surface area contributed by atoms with Gasteiger partial charge in [0.1, 0.15) is 5.75 Å². The minimum atomic E-state index is -0.0803. The maximum atomic E-state index is 12.1. The summed E-state index contributed by atoms with van der Waals surface area (Å²) in [4.78, 5) is 24.0. The van der Waals surface area contributed by atoms with Gasteiger partial charge >= 0.3 is 0 Å². The third-order valence-corrected chi connectivity index (χ3v) is 4.32. The number of ether oxygens (including phenoxy) is 1. The fourth-order valence-electron chi connectivity index (χ4n) is 2.78. The Morgan fingerprint density at radius 3 is 2.31 bits per heavy atom. The summed E-state index contributed by atoms with van der Waals surface area (Å²) in [6.07, 6.45) is 1.26. The van der Waals surface area contributed by atoms with Crippen LogP contribution in [0.25, 0.3) is 0 Å². The number of anilines is 1. The van der Waals surface area contributed by atoms with Crippen LogP contribution in [0.5, 0.6) is 5.75 Å². The van der Waals surface area contributed by atoms with E-state index in [2.05, 4.69) is 10.6 Å². The number of amides is 2. The van der Waals surface area contributed by atoms with Gasteiger partial charge in [0.2, 0.25) is 11.8 Å². The fraction of sp³-hybridized carbons (Fsp3) is 0.364. The standard InChI is InChI=1S/C22H29N3O3.ClH/c1-3-28-20-12-8-18(9-13-20)16(2)25-21(26)5-4-14-24-22(27)15-17-6-10-19(23)11-7-17;/h6-13,16H,3-5,14-15,23H2,1-2H3,(H,24,27)(H,25,26);1H. The van der Waals surface area contributed by atoms with E-state index in [0.29, 0.717) is 38.1 Å². The summed E-state index contributed by atoms with van der Waals surface area (Å²) >= 11 is 0. The number of nitrogens with two attached hydrogens (primary N) is 1. The van der Waals surface area contributed by atoms with E-state index in [4.69, 9.17) is 10.5 Å². The van der Waals surface area contributed by atoms with Gasteiger partial charge in [-0.05, 0) is 55.7 Å². The molecule has 0 heterocycles. The highest BCUT2D eigenvalue weighted by Crippen LogP contribution is 2.17. The van der Waals surface area contributed by atoms with Crippen molar-refractivity contribution in [2.75, 3.05) is 18.9 Å². The van der Waals surface area contributed by atoms with Crippen molar-refractivity contribution in [3.63, 3.8) is 0 Å². The molecule has 0 aromatic heterocycles. The highest BCUT2D eigenvalue weighted by molar-refractivity contribution is 5.85. The Balaban J connectivity index is 0.00000420. The van der Waals surface area contributed by atoms with Gasteiger partial charge in [-0.2, -0.15) is 0 Å². The molecule has 0 aliphatic heterocycles. The molecule has 2 rings (SSSR count). The predicted molar refractivity (Wildman–Crippen MR) is 118 cm³/mol. The number of hydrogen-bond donors (Lipinski definition) is 3. The minimum Gasteiger partial charge on any atom is -0.494 e. The number of halogens is 1. The zero-order valence-electron chi connectivity index (χ0n) is 16.9. The van der Waals surface area contributed by atoms with Gasteiger partial charge in [-0.3, -0.25) is 9.59 Å². The van der Waals surface area contributed by atoms with Crippen molar-refractivity contribution in [1.29, 1.82) is 0 Å². The molecule has 2 aromatic rings. The van der Waals surface area contributed by atoms with Crippen LogP contribution in [0.4, 0.5) is 5.69 Å². The van der Waals surface area contributed by atoms with Gasteiger partial charge in [-0.25, -0.2) is 0 Å². The molecular weight excluding hydrogens is 390 g/mol. The number of benzene rings is 2. The summed E-state index contributed by atoms with van der Waals surface area (Å²) in [5, 5.41) is 5.82. The maximum absolute atomic E-state index is 12.1. The highest BCUT2D eigenvalue weighted by Gasteiger charge is 2.10. The molecule has 1 unspecified atom stereocenters. The van der Waals surface area contributed by atoms with E-state index >= 15 is 0 Å². The molecule has 0 radical (unpaired) electrons. The predicted octanol–water partition coefficient (Wildman–Crippen LogP) is 3.41. The van der Waals surface area contributed by atoms with Crippen molar-refractivity contribution in [2.45, 2.75) is 39.2 Å². The summed E-state index contributed by atoms with van der Waals surface area (Å²) < 4.78 is 5.42. The van der Waals surface area contributed by atoms with Crippen molar-refractivity contribution in [2.24, 2.45) is 0 Å². The number of hydrogen-bond acceptors (Lipinski definition) is 4. The van der Waals surface area contributed by atoms with Crippen molar-refractivity contribution in [3.8, 4) is 5.75 Å². The highest BCUT2D eigenvalue weighted by atomic mass is 35.5. The zero-order chi connectivity index (χ0) is 20.4. The van der Waals surface area contributed by atoms with Gasteiger partial charge in [0.15, 0.2) is 0 Å². The number of rotatable bonds is 10. The Morgan fingerprint density at radius 1 is 1.03 bits per heavy atom. The van der Waals surface area contributed by atoms with Gasteiger partial charge in [-0.1, -0.05) is 24.3 Å². The quantitative estimate of drug-likeness (QED) is 0.406. The number of nitrogens with one attached hydrogen (secondary N) is 2. The van der Waals surface area contributed by atoms with Crippen LogP contribution in [0.2, 0.25) is 0 Å². The first kappa shape index (κ1) is 24.3. The van der Waals surface area contributed by atoms with Gasteiger partial charge in [0.25, 0.3) is 0 Å². The lowest BCUT2D eigenvalue weighted by Gasteiger charge is -2.15. The van der Waals surface area contributed by atoms with E-state index in [-0.39, 0.29) is 30.3 Å². The lowest BCUT2D eigenvalue weighted by Crippen LogP contribution is -2.29. The normalized spacial score (nSPS) is 11.1. The molecule has 2 aromatic carbocycles. The van der Waals surface area contributed by atoms with Crippen LogP contribution in [0.1, 0.15) is 43.9 Å². The monoisotopic (exact) mass is 419 g/mol. The molecule has 0 bridgehead atoms. The summed E-state index contributed by atoms with van der Waals surface area (Å²) in [5.74, 6) is 0.724. The molecule has 0 saturated carbocycles. The summed E-state index contributed by atoms with van der Waals surface area (Å²) in [7, 11) is 0. The zero-order valence-corrected chi connectivity index (χ0v) is 17.8. The Labute approximate surface area is 178 Å². The van der Waals surface area contributed by atoms with Gasteiger partial charge in [-0.15, -0.1) is 12.4 Å². The van der Waals surface area contributed by atoms with E-state index in [9.17, 15) is 9.59 Å². The topological polar surface area (TPSA) is 93.5 Å². The van der Waals surface area contributed by atoms with E-state index in [1.54, 1.807) is 12.1 Å². The van der Waals surface area contributed by atoms with Crippen molar-refractivity contribution in [3.05, 3.63) is 59.7 Å². The van der Waals surface area contributed by atoms with Crippen molar-refractivity contribution in [1.82, 2.24) is 10.6 Å². The summed E-state index contributed by atoms with van der Waals surface area (Å²) in [5.41, 5.74) is 8.24. The van der Waals surface area contributed by atoms with Crippen molar-refractivity contribution < 1.29 is 14.3 Å². The molecule has 4 N–H and O–H groups in total. The minimum absolute atomic E-state index is 0. The third kappa shape index (κ3) is 8.87. The molecule has 0 saturated heterocycles. The van der Waals surface area contributed by atoms with Gasteiger partial charge in [0, 0.05) is 18.7 Å². The summed E-state index contributed by atoms with van der Waals surface area (Å²) in [6, 6.07) is 14.9. The van der Waals surface area contributed by atoms with Crippen LogP contribution >= 0.6 is 12.4 Å². The average Bonchev–Trinajstić information content (AvgIpc) is 2.68. The maximum Gasteiger partial charge on any atom is 0.224 e. The fourth-order valence-corrected chi connectivity index (χ4v) is 2.78. The third-order valence-electron chi connectivity index (χ3n) is 4.32. The molecule has 0 aliphatic carbocycles. The molecule has 29 heavy (non-hydrogen) atoms. The van der Waals surface area contributed by atoms with Crippen LogP contribution in [0.3, 0.4) is 0 Å². The molecule has 0 aliphatic rings. The Kier molecular flexibility index (Phi) is 10.6.